The van der Waals surface area contributed by atoms with Gasteiger partial charge in [-0.25, -0.2) is 4.79 Å². The Kier molecular flexibility index (Phi) is 4.68. The minimum absolute atomic E-state index is 0.0195. The predicted molar refractivity (Wildman–Crippen MR) is 101 cm³/mol. The summed E-state index contributed by atoms with van der Waals surface area (Å²) in [4.78, 5) is 24.1. The summed E-state index contributed by atoms with van der Waals surface area (Å²) in [7, 11) is 0. The van der Waals surface area contributed by atoms with E-state index in [0.29, 0.717) is 35.0 Å². The molecular formula is C22H18F3NO3. The van der Waals surface area contributed by atoms with Crippen LogP contribution in [-0.4, -0.2) is 27.6 Å². The second-order valence-electron chi connectivity index (χ2n) is 7.25. The summed E-state index contributed by atoms with van der Waals surface area (Å²) in [6, 6.07) is 13.9. The van der Waals surface area contributed by atoms with E-state index in [2.05, 4.69) is 0 Å². The molecule has 0 aliphatic heterocycles. The van der Waals surface area contributed by atoms with Crippen LogP contribution in [0.3, 0.4) is 0 Å². The number of aromatic carboxylic acids is 1. The largest absolute Gasteiger partial charge is 0.478 e. The molecule has 4 rings (SSSR count). The minimum Gasteiger partial charge on any atom is -0.478 e. The molecule has 29 heavy (non-hydrogen) atoms. The Morgan fingerprint density at radius 3 is 2.45 bits per heavy atom. The third kappa shape index (κ3) is 3.30. The first kappa shape index (κ1) is 19.2. The molecule has 0 bridgehead atoms. The van der Waals surface area contributed by atoms with E-state index in [1.807, 2.05) is 30.3 Å². The van der Waals surface area contributed by atoms with Crippen LogP contribution in [0.25, 0.3) is 10.9 Å². The van der Waals surface area contributed by atoms with Gasteiger partial charge in [-0.1, -0.05) is 42.5 Å². The smallest absolute Gasteiger partial charge is 0.450 e. The Morgan fingerprint density at radius 2 is 1.79 bits per heavy atom. The number of carboxylic acid groups (broad SMARTS) is 1. The number of Topliss-reactive ketones (excluding diaryl/α,β-unsaturated/α-hetero) is 1. The molecule has 0 radical (unpaired) electrons. The summed E-state index contributed by atoms with van der Waals surface area (Å²) in [6.45, 7) is 0.193. The topological polar surface area (TPSA) is 59.3 Å². The van der Waals surface area contributed by atoms with Crippen LogP contribution in [0.4, 0.5) is 13.2 Å². The van der Waals surface area contributed by atoms with Gasteiger partial charge in [-0.3, -0.25) is 4.79 Å². The highest BCUT2D eigenvalue weighted by Crippen LogP contribution is 2.42. The van der Waals surface area contributed by atoms with Crippen molar-refractivity contribution in [3.63, 3.8) is 0 Å². The predicted octanol–water partition coefficient (Wildman–Crippen LogP) is 4.94. The fraction of sp³-hybridized carbons (Fsp3) is 0.273. The van der Waals surface area contributed by atoms with Crippen molar-refractivity contribution in [2.45, 2.75) is 37.9 Å². The van der Waals surface area contributed by atoms with Gasteiger partial charge in [-0.2, -0.15) is 13.2 Å². The number of hydrogen-bond acceptors (Lipinski definition) is 2. The van der Waals surface area contributed by atoms with Gasteiger partial charge in [0.15, 0.2) is 0 Å². The molecule has 2 aromatic carbocycles. The van der Waals surface area contributed by atoms with Crippen LogP contribution < -0.4 is 0 Å². The lowest BCUT2D eigenvalue weighted by Crippen LogP contribution is -2.32. The number of ketones is 1. The van der Waals surface area contributed by atoms with Gasteiger partial charge in [-0.05, 0) is 36.5 Å². The molecule has 3 aromatic rings. The van der Waals surface area contributed by atoms with Crippen molar-refractivity contribution < 1.29 is 27.9 Å². The lowest BCUT2D eigenvalue weighted by molar-refractivity contribution is -0.173. The highest BCUT2D eigenvalue weighted by molar-refractivity contribution is 6.05. The molecule has 1 aromatic heterocycles. The van der Waals surface area contributed by atoms with Gasteiger partial charge in [0.05, 0.1) is 17.0 Å². The van der Waals surface area contributed by atoms with Crippen LogP contribution in [0.1, 0.15) is 45.9 Å². The van der Waals surface area contributed by atoms with Crippen LogP contribution >= 0.6 is 0 Å². The maximum absolute atomic E-state index is 13.3. The molecule has 1 aliphatic carbocycles. The molecule has 1 atom stereocenters. The number of para-hydroxylation sites is 1. The van der Waals surface area contributed by atoms with Crippen LogP contribution in [0.2, 0.25) is 0 Å². The number of aromatic nitrogens is 1. The maximum atomic E-state index is 13.3. The van der Waals surface area contributed by atoms with E-state index in [4.69, 9.17) is 0 Å². The Labute approximate surface area is 164 Å². The van der Waals surface area contributed by atoms with Gasteiger partial charge in [0, 0.05) is 17.6 Å². The molecule has 1 heterocycles. The first-order chi connectivity index (χ1) is 13.8. The zero-order valence-corrected chi connectivity index (χ0v) is 15.4. The van der Waals surface area contributed by atoms with Crippen molar-refractivity contribution in [2.24, 2.45) is 0 Å². The monoisotopic (exact) mass is 401 g/mol. The number of hydrogen-bond donors (Lipinski definition) is 1. The molecule has 1 aliphatic rings. The lowest BCUT2D eigenvalue weighted by atomic mass is 9.83. The van der Waals surface area contributed by atoms with Crippen molar-refractivity contribution in [1.29, 1.82) is 0 Å². The quantitative estimate of drug-likeness (QED) is 0.674. The van der Waals surface area contributed by atoms with Crippen LogP contribution in [0, 0.1) is 0 Å². The first-order valence-corrected chi connectivity index (χ1v) is 9.31. The summed E-state index contributed by atoms with van der Waals surface area (Å²) in [6.07, 6.45) is -3.89. The van der Waals surface area contributed by atoms with Crippen molar-refractivity contribution in [2.75, 3.05) is 0 Å². The molecule has 0 amide bonds. The average molecular weight is 401 g/mol. The summed E-state index contributed by atoms with van der Waals surface area (Å²) in [5.41, 5.74) is 2.15. The fourth-order valence-electron chi connectivity index (χ4n) is 4.34. The summed E-state index contributed by atoms with van der Waals surface area (Å²) < 4.78 is 41.5. The van der Waals surface area contributed by atoms with Gasteiger partial charge in [0.1, 0.15) is 0 Å². The second-order valence-corrected chi connectivity index (χ2v) is 7.25. The molecule has 1 unspecified atom stereocenters. The van der Waals surface area contributed by atoms with Gasteiger partial charge >= 0.3 is 12.1 Å². The number of carboxylic acids is 1. The molecule has 0 fully saturated rings. The lowest BCUT2D eigenvalue weighted by Gasteiger charge is -2.25. The number of benzene rings is 2. The van der Waals surface area contributed by atoms with E-state index in [0.717, 1.165) is 5.56 Å². The standard InChI is InChI=1S/C22H18F3NO3/c23-22(24,25)20(27)16-10-4-8-14-15-9-5-11-17(21(28)29)19(15)26(18(14)16)12-13-6-2-1-3-7-13/h1-3,5-7,9,11,16H,4,8,10,12H2,(H,28,29). The number of nitrogens with zero attached hydrogens (tertiary/aromatic N) is 1. The third-order valence-electron chi connectivity index (χ3n) is 5.49. The number of rotatable bonds is 4. The van der Waals surface area contributed by atoms with Crippen LogP contribution in [0.15, 0.2) is 48.5 Å². The molecule has 0 saturated carbocycles. The van der Waals surface area contributed by atoms with Crippen molar-refractivity contribution in [3.05, 3.63) is 70.9 Å². The second kappa shape index (κ2) is 7.06. The highest BCUT2D eigenvalue weighted by atomic mass is 19.4. The summed E-state index contributed by atoms with van der Waals surface area (Å²) in [5, 5.41) is 10.3. The van der Waals surface area contributed by atoms with Gasteiger partial charge in [-0.15, -0.1) is 0 Å². The van der Waals surface area contributed by atoms with E-state index < -0.39 is 23.8 Å². The summed E-state index contributed by atoms with van der Waals surface area (Å²) in [5.74, 6) is -4.25. The Balaban J connectivity index is 2.02. The number of carbonyl (C=O) groups is 2. The van der Waals surface area contributed by atoms with E-state index in [-0.39, 0.29) is 18.5 Å². The molecule has 7 heteroatoms. The number of carbonyl (C=O) groups excluding carboxylic acids is 1. The van der Waals surface area contributed by atoms with E-state index in [1.165, 1.54) is 6.07 Å². The molecule has 150 valence electrons. The Hall–Kier alpha value is -3.09. The van der Waals surface area contributed by atoms with Gasteiger partial charge in [0.25, 0.3) is 0 Å². The SMILES string of the molecule is O=C(O)c1cccc2c3c(n(Cc4ccccc4)c12)C(C(=O)C(F)(F)F)CCC3. The van der Waals surface area contributed by atoms with Crippen molar-refractivity contribution >= 4 is 22.7 Å². The molecule has 0 saturated heterocycles. The number of halogens is 3. The van der Waals surface area contributed by atoms with E-state index in [9.17, 15) is 27.9 Å². The van der Waals surface area contributed by atoms with E-state index >= 15 is 0 Å². The average Bonchev–Trinajstić information content (AvgIpc) is 3.01. The van der Waals surface area contributed by atoms with Crippen molar-refractivity contribution in [3.8, 4) is 0 Å². The number of aryl methyl sites for hydroxylation is 1. The molecule has 1 N–H and O–H groups in total. The summed E-state index contributed by atoms with van der Waals surface area (Å²) >= 11 is 0. The Bertz CT molecular complexity index is 1100. The Morgan fingerprint density at radius 1 is 1.07 bits per heavy atom. The molecule has 4 nitrogen and oxygen atoms in total. The normalized spacial score (nSPS) is 16.6. The molecular weight excluding hydrogens is 383 g/mol. The zero-order valence-electron chi connectivity index (χ0n) is 15.4. The van der Waals surface area contributed by atoms with Gasteiger partial charge in [0.2, 0.25) is 5.78 Å². The maximum Gasteiger partial charge on any atom is 0.450 e. The highest BCUT2D eigenvalue weighted by Gasteiger charge is 2.46. The zero-order chi connectivity index (χ0) is 20.8. The fourth-order valence-corrected chi connectivity index (χ4v) is 4.34. The minimum atomic E-state index is -4.94. The van der Waals surface area contributed by atoms with Crippen LogP contribution in [0.5, 0.6) is 0 Å². The number of alkyl halides is 3. The number of fused-ring (bicyclic) bond motifs is 3. The van der Waals surface area contributed by atoms with E-state index in [1.54, 1.807) is 16.7 Å². The first-order valence-electron chi connectivity index (χ1n) is 9.31. The molecule has 0 spiro atoms. The van der Waals surface area contributed by atoms with Gasteiger partial charge < -0.3 is 9.67 Å². The third-order valence-corrected chi connectivity index (χ3v) is 5.49. The van der Waals surface area contributed by atoms with Crippen LogP contribution in [-0.2, 0) is 17.8 Å². The van der Waals surface area contributed by atoms with Crippen molar-refractivity contribution in [1.82, 2.24) is 4.57 Å².